The number of anilines is 2. The zero-order valence-corrected chi connectivity index (χ0v) is 21.2. The summed E-state index contributed by atoms with van der Waals surface area (Å²) in [6.07, 6.45) is 5.87. The lowest BCUT2D eigenvalue weighted by atomic mass is 10.1. The van der Waals surface area contributed by atoms with Crippen LogP contribution in [0.25, 0.3) is 31.7 Å². The Kier molecular flexibility index (Phi) is 5.33. The van der Waals surface area contributed by atoms with E-state index in [9.17, 15) is 16.8 Å². The van der Waals surface area contributed by atoms with Gasteiger partial charge in [0.15, 0.2) is 10.1 Å². The van der Waals surface area contributed by atoms with E-state index in [0.29, 0.717) is 20.9 Å². The maximum atomic E-state index is 13.3. The van der Waals surface area contributed by atoms with E-state index in [-0.39, 0.29) is 21.4 Å². The number of rotatable bonds is 6. The van der Waals surface area contributed by atoms with Gasteiger partial charge in [-0.05, 0) is 58.1 Å². The molecule has 0 fully saturated rings. The molecule has 2 N–H and O–H groups in total. The summed E-state index contributed by atoms with van der Waals surface area (Å²) in [7, 11) is -8.34. The van der Waals surface area contributed by atoms with Crippen LogP contribution in [-0.4, -0.2) is 35.6 Å². The van der Waals surface area contributed by atoms with Crippen molar-refractivity contribution in [3.8, 4) is 20.9 Å². The van der Waals surface area contributed by atoms with Crippen LogP contribution in [0.3, 0.4) is 0 Å². The Morgan fingerprint density at radius 3 is 1.53 bits per heavy atom. The van der Waals surface area contributed by atoms with Gasteiger partial charge >= 0.3 is 0 Å². The first-order valence-corrected chi connectivity index (χ1v) is 14.8. The molecule has 0 saturated heterocycles. The Bertz CT molecular complexity index is 1760. The topological polar surface area (TPSA) is 144 Å². The summed E-state index contributed by atoms with van der Waals surface area (Å²) in [6.45, 7) is 0. The average Bonchev–Trinajstić information content (AvgIpc) is 3.49. The number of hydrogen-bond acceptors (Lipinski definition) is 10. The van der Waals surface area contributed by atoms with Crippen molar-refractivity contribution in [3.05, 3.63) is 73.3 Å². The SMILES string of the molecule is O=S(=O)(Nc1cc2ccccc2cc1NS(=O)(=O)c1ncc2snccc1-2)c1ncc2snccc1-2. The number of sulfonamides is 2. The quantitative estimate of drug-likeness (QED) is 0.309. The van der Waals surface area contributed by atoms with Crippen LogP contribution in [0.4, 0.5) is 11.4 Å². The van der Waals surface area contributed by atoms with Gasteiger partial charge in [-0.3, -0.25) is 9.44 Å². The number of aromatic nitrogens is 4. The smallest absolute Gasteiger partial charge is 0.276 e. The molecule has 2 aromatic rings. The molecular weight excluding hydrogens is 541 g/mol. The molecule has 10 nitrogen and oxygen atoms in total. The third kappa shape index (κ3) is 3.93. The van der Waals surface area contributed by atoms with Crippen LogP contribution in [0.2, 0.25) is 0 Å². The Hall–Kier alpha value is -3.72. The van der Waals surface area contributed by atoms with Crippen LogP contribution in [0.1, 0.15) is 0 Å². The third-order valence-corrected chi connectivity index (χ3v) is 9.52. The molecule has 0 amide bonds. The lowest BCUT2D eigenvalue weighted by Crippen LogP contribution is -2.18. The number of hydrogen-bond donors (Lipinski definition) is 2. The fourth-order valence-corrected chi connectivity index (χ4v) is 7.54. The first kappa shape index (κ1) is 22.7. The minimum atomic E-state index is -4.17. The van der Waals surface area contributed by atoms with Gasteiger partial charge in [-0.15, -0.1) is 0 Å². The zero-order valence-electron chi connectivity index (χ0n) is 18.0. The van der Waals surface area contributed by atoms with Gasteiger partial charge < -0.3 is 0 Å². The molecule has 0 aliphatic carbocycles. The monoisotopic (exact) mass is 554 g/mol. The molecule has 0 saturated carbocycles. The summed E-state index contributed by atoms with van der Waals surface area (Å²) in [5, 5.41) is 1.09. The normalized spacial score (nSPS) is 12.3. The van der Waals surface area contributed by atoms with E-state index < -0.39 is 20.0 Å². The van der Waals surface area contributed by atoms with Gasteiger partial charge in [-0.1, -0.05) is 24.3 Å². The second-order valence-electron chi connectivity index (χ2n) is 7.66. The van der Waals surface area contributed by atoms with E-state index in [4.69, 9.17) is 0 Å². The molecule has 4 aliphatic heterocycles. The Morgan fingerprint density at radius 1 is 0.639 bits per heavy atom. The fraction of sp³-hybridized carbons (Fsp3) is 0. The highest BCUT2D eigenvalue weighted by Gasteiger charge is 2.28. The van der Waals surface area contributed by atoms with Crippen LogP contribution in [0.5, 0.6) is 0 Å². The van der Waals surface area contributed by atoms with Crippen molar-refractivity contribution in [2.75, 3.05) is 9.44 Å². The largest absolute Gasteiger partial charge is 0.280 e. The van der Waals surface area contributed by atoms with Crippen LogP contribution in [0.15, 0.2) is 83.4 Å². The van der Waals surface area contributed by atoms with Gasteiger partial charge in [0.25, 0.3) is 20.0 Å². The van der Waals surface area contributed by atoms with Crippen LogP contribution in [-0.2, 0) is 20.0 Å². The highest BCUT2D eigenvalue weighted by Crippen LogP contribution is 2.37. The van der Waals surface area contributed by atoms with E-state index in [1.807, 2.05) is 0 Å². The summed E-state index contributed by atoms with van der Waals surface area (Å²) in [5.41, 5.74) is 0.943. The molecule has 6 rings (SSSR count). The lowest BCUT2D eigenvalue weighted by Gasteiger charge is -2.16. The Balaban J connectivity index is 1.44. The number of benzene rings is 2. The second kappa shape index (κ2) is 8.44. The van der Waals surface area contributed by atoms with E-state index in [0.717, 1.165) is 33.8 Å². The molecule has 0 bridgehead atoms. The van der Waals surface area contributed by atoms with Crippen LogP contribution in [0, 0.1) is 0 Å². The molecule has 14 heteroatoms. The van der Waals surface area contributed by atoms with E-state index in [1.165, 1.54) is 24.8 Å². The summed E-state index contributed by atoms with van der Waals surface area (Å²) < 4.78 is 66.5. The molecule has 4 heterocycles. The molecule has 0 radical (unpaired) electrons. The molecule has 0 unspecified atom stereocenters. The minimum absolute atomic E-state index is 0.0477. The van der Waals surface area contributed by atoms with Gasteiger partial charge in [-0.2, -0.15) is 16.8 Å². The number of nitrogens with zero attached hydrogens (tertiary/aromatic N) is 4. The summed E-state index contributed by atoms with van der Waals surface area (Å²) >= 11 is 2.25. The predicted molar refractivity (Wildman–Crippen MR) is 139 cm³/mol. The Labute approximate surface area is 213 Å². The van der Waals surface area contributed by atoms with Crippen molar-refractivity contribution in [2.45, 2.75) is 10.1 Å². The van der Waals surface area contributed by atoms with Gasteiger partial charge in [0.05, 0.1) is 21.1 Å². The van der Waals surface area contributed by atoms with E-state index in [2.05, 4.69) is 28.2 Å². The van der Waals surface area contributed by atoms with Gasteiger partial charge in [0.2, 0.25) is 0 Å². The lowest BCUT2D eigenvalue weighted by molar-refractivity contribution is 0.596. The van der Waals surface area contributed by atoms with Crippen molar-refractivity contribution in [2.24, 2.45) is 0 Å². The minimum Gasteiger partial charge on any atom is -0.276 e. The maximum Gasteiger partial charge on any atom is 0.280 e. The Morgan fingerprint density at radius 2 is 1.08 bits per heavy atom. The molecule has 36 heavy (non-hydrogen) atoms. The van der Waals surface area contributed by atoms with Crippen molar-refractivity contribution >= 4 is 65.3 Å². The van der Waals surface area contributed by atoms with Gasteiger partial charge in [0.1, 0.15) is 0 Å². The van der Waals surface area contributed by atoms with Gasteiger partial charge in [-0.25, -0.2) is 18.7 Å². The summed E-state index contributed by atoms with van der Waals surface area (Å²) in [6, 6.07) is 13.5. The highest BCUT2D eigenvalue weighted by molar-refractivity contribution is 7.93. The molecule has 4 aliphatic rings. The van der Waals surface area contributed by atoms with Gasteiger partial charge in [0, 0.05) is 35.9 Å². The van der Waals surface area contributed by atoms with Crippen LogP contribution >= 0.6 is 23.1 Å². The summed E-state index contributed by atoms with van der Waals surface area (Å²) in [4.78, 5) is 9.37. The van der Waals surface area contributed by atoms with Crippen molar-refractivity contribution in [1.29, 1.82) is 0 Å². The highest BCUT2D eigenvalue weighted by atomic mass is 32.2. The van der Waals surface area contributed by atoms with Crippen LogP contribution < -0.4 is 9.44 Å². The first-order valence-electron chi connectivity index (χ1n) is 10.3. The number of nitrogens with one attached hydrogen (secondary N) is 2. The van der Waals surface area contributed by atoms with Crippen molar-refractivity contribution in [1.82, 2.24) is 18.7 Å². The molecule has 2 aromatic carbocycles. The molecule has 0 atom stereocenters. The molecule has 0 spiro atoms. The molecular formula is C22H14N6O4S4. The zero-order chi connectivity index (χ0) is 24.9. The summed E-state index contributed by atoms with van der Waals surface area (Å²) in [5.74, 6) is 0. The second-order valence-corrected chi connectivity index (χ2v) is 12.5. The van der Waals surface area contributed by atoms with Crippen molar-refractivity contribution < 1.29 is 16.8 Å². The van der Waals surface area contributed by atoms with Crippen molar-refractivity contribution in [3.63, 3.8) is 0 Å². The predicted octanol–water partition coefficient (Wildman–Crippen LogP) is 4.35. The molecule has 0 aromatic heterocycles. The first-order chi connectivity index (χ1) is 17.3. The maximum absolute atomic E-state index is 13.3. The third-order valence-electron chi connectivity index (χ3n) is 5.38. The standard InChI is InChI=1S/C22H14N6O4S4/c29-35(30,21-15-5-7-25-33-19(15)11-23-21)27-17-9-13-3-1-2-4-14(13)10-18(17)28-36(31,32)22-16-6-8-26-34-20(16)12-24-22/h1-12,27-28H. The van der Waals surface area contributed by atoms with E-state index in [1.54, 1.807) is 48.5 Å². The van der Waals surface area contributed by atoms with E-state index >= 15 is 0 Å². The number of fused-ring (bicyclic) bond motifs is 3. The fourth-order valence-electron chi connectivity index (χ4n) is 3.78. The molecule has 180 valence electrons. The average molecular weight is 555 g/mol.